The van der Waals surface area contributed by atoms with Crippen LogP contribution in [0.4, 0.5) is 5.69 Å². The molecule has 0 spiro atoms. The van der Waals surface area contributed by atoms with Gasteiger partial charge in [0.25, 0.3) is 0 Å². The first-order valence-corrected chi connectivity index (χ1v) is 6.72. The molecule has 0 unspecified atom stereocenters. The van der Waals surface area contributed by atoms with E-state index in [2.05, 4.69) is 5.32 Å². The summed E-state index contributed by atoms with van der Waals surface area (Å²) >= 11 is 11.9. The van der Waals surface area contributed by atoms with E-state index in [9.17, 15) is 9.59 Å². The molecule has 0 heterocycles. The molecular weight excluding hydrogens is 289 g/mol. The number of amides is 1. The quantitative estimate of drug-likeness (QED) is 0.899. The number of carbonyl (C=O) groups excluding carboxylic acids is 1. The number of carboxylic acids is 1. The van der Waals surface area contributed by atoms with Gasteiger partial charge in [0.05, 0.1) is 21.7 Å². The number of halogens is 2. The van der Waals surface area contributed by atoms with E-state index >= 15 is 0 Å². The van der Waals surface area contributed by atoms with E-state index in [0.29, 0.717) is 35.0 Å². The maximum Gasteiger partial charge on any atom is 0.306 e. The molecule has 1 aromatic carbocycles. The van der Waals surface area contributed by atoms with E-state index in [0.717, 1.165) is 0 Å². The SMILES string of the molecule is O=C(O)[C@H]1CC[C@@H](C(=O)Nc2c(Cl)cccc2Cl)C1. The van der Waals surface area contributed by atoms with Crippen molar-refractivity contribution < 1.29 is 14.7 Å². The van der Waals surface area contributed by atoms with Crippen LogP contribution in [0.3, 0.4) is 0 Å². The highest BCUT2D eigenvalue weighted by atomic mass is 35.5. The van der Waals surface area contributed by atoms with Crippen LogP contribution in [0.15, 0.2) is 18.2 Å². The first-order valence-electron chi connectivity index (χ1n) is 5.96. The van der Waals surface area contributed by atoms with Gasteiger partial charge < -0.3 is 10.4 Å². The summed E-state index contributed by atoms with van der Waals surface area (Å²) in [6.45, 7) is 0. The molecule has 1 aromatic rings. The molecule has 1 fully saturated rings. The van der Waals surface area contributed by atoms with Gasteiger partial charge in [-0.25, -0.2) is 0 Å². The van der Waals surface area contributed by atoms with E-state index < -0.39 is 11.9 Å². The highest BCUT2D eigenvalue weighted by molar-refractivity contribution is 6.39. The minimum absolute atomic E-state index is 0.223. The van der Waals surface area contributed by atoms with E-state index in [1.54, 1.807) is 18.2 Å². The number of benzene rings is 1. The second-order valence-corrected chi connectivity index (χ2v) is 5.45. The average Bonchev–Trinajstić information content (AvgIpc) is 2.83. The predicted molar refractivity (Wildman–Crippen MR) is 73.6 cm³/mol. The van der Waals surface area contributed by atoms with Gasteiger partial charge in [0.1, 0.15) is 0 Å². The highest BCUT2D eigenvalue weighted by Gasteiger charge is 2.34. The lowest BCUT2D eigenvalue weighted by molar-refractivity contribution is -0.141. The standard InChI is InChI=1S/C13H13Cl2NO3/c14-9-2-1-3-10(15)11(9)16-12(17)7-4-5-8(6-7)13(18)19/h1-3,7-8H,4-6H2,(H,16,17)(H,18,19)/t7-,8+/m1/s1. The van der Waals surface area contributed by atoms with E-state index in [1.807, 2.05) is 0 Å². The van der Waals surface area contributed by atoms with Gasteiger partial charge in [-0.3, -0.25) is 9.59 Å². The third kappa shape index (κ3) is 3.19. The zero-order valence-corrected chi connectivity index (χ0v) is 11.5. The van der Waals surface area contributed by atoms with E-state index in [1.165, 1.54) is 0 Å². The van der Waals surface area contributed by atoms with E-state index in [4.69, 9.17) is 28.3 Å². The van der Waals surface area contributed by atoms with Crippen LogP contribution in [0.2, 0.25) is 10.0 Å². The fraction of sp³-hybridized carbons (Fsp3) is 0.385. The molecule has 6 heteroatoms. The topological polar surface area (TPSA) is 66.4 Å². The van der Waals surface area contributed by atoms with Crippen LogP contribution in [0.1, 0.15) is 19.3 Å². The molecule has 102 valence electrons. The minimum atomic E-state index is -0.842. The van der Waals surface area contributed by atoms with Crippen molar-refractivity contribution in [2.45, 2.75) is 19.3 Å². The van der Waals surface area contributed by atoms with Gasteiger partial charge >= 0.3 is 5.97 Å². The molecule has 0 aliphatic heterocycles. The van der Waals surface area contributed by atoms with Gasteiger partial charge in [-0.05, 0) is 31.4 Å². The van der Waals surface area contributed by atoms with E-state index in [-0.39, 0.29) is 11.8 Å². The summed E-state index contributed by atoms with van der Waals surface area (Å²) in [7, 11) is 0. The summed E-state index contributed by atoms with van der Waals surface area (Å²) in [6, 6.07) is 4.96. The Bertz CT molecular complexity index is 498. The second kappa shape index (κ2) is 5.80. The number of carboxylic acid groups (broad SMARTS) is 1. The van der Waals surface area contributed by atoms with Gasteiger partial charge in [0, 0.05) is 5.92 Å². The Morgan fingerprint density at radius 1 is 1.16 bits per heavy atom. The van der Waals surface area contributed by atoms with Crippen LogP contribution in [0.25, 0.3) is 0 Å². The van der Waals surface area contributed by atoms with Crippen molar-refractivity contribution in [3.8, 4) is 0 Å². The molecule has 1 amide bonds. The number of hydrogen-bond donors (Lipinski definition) is 2. The molecule has 1 aliphatic carbocycles. The third-order valence-corrected chi connectivity index (χ3v) is 3.99. The number of anilines is 1. The Morgan fingerprint density at radius 2 is 1.74 bits per heavy atom. The largest absolute Gasteiger partial charge is 0.481 e. The number of aliphatic carboxylic acids is 1. The Balaban J connectivity index is 2.04. The lowest BCUT2D eigenvalue weighted by Gasteiger charge is -2.13. The monoisotopic (exact) mass is 301 g/mol. The lowest BCUT2D eigenvalue weighted by Crippen LogP contribution is -2.22. The zero-order valence-electron chi connectivity index (χ0n) is 10.0. The Labute approximate surface area is 120 Å². The van der Waals surface area contributed by atoms with Gasteiger partial charge in [0.2, 0.25) is 5.91 Å². The predicted octanol–water partition coefficient (Wildman–Crippen LogP) is 3.43. The highest BCUT2D eigenvalue weighted by Crippen LogP contribution is 2.34. The Morgan fingerprint density at radius 3 is 2.26 bits per heavy atom. The van der Waals surface area contributed by atoms with Crippen LogP contribution in [-0.4, -0.2) is 17.0 Å². The average molecular weight is 302 g/mol. The van der Waals surface area contributed by atoms with Gasteiger partial charge in [-0.1, -0.05) is 29.3 Å². The Hall–Kier alpha value is -1.26. The van der Waals surface area contributed by atoms with Crippen molar-refractivity contribution in [2.75, 3.05) is 5.32 Å². The molecule has 2 rings (SSSR count). The number of nitrogens with one attached hydrogen (secondary N) is 1. The Kier molecular flexibility index (Phi) is 4.32. The van der Waals surface area contributed by atoms with Gasteiger partial charge in [-0.2, -0.15) is 0 Å². The molecule has 0 radical (unpaired) electrons. The number of para-hydroxylation sites is 1. The summed E-state index contributed by atoms with van der Waals surface area (Å²) in [5.74, 6) is -1.80. The second-order valence-electron chi connectivity index (χ2n) is 4.63. The molecule has 4 nitrogen and oxygen atoms in total. The minimum Gasteiger partial charge on any atom is -0.481 e. The molecule has 19 heavy (non-hydrogen) atoms. The molecule has 2 atom stereocenters. The van der Waals surface area contributed by atoms with Crippen molar-refractivity contribution in [1.29, 1.82) is 0 Å². The molecule has 1 aliphatic rings. The van der Waals surface area contributed by atoms with Crippen LogP contribution >= 0.6 is 23.2 Å². The number of carbonyl (C=O) groups is 2. The van der Waals surface area contributed by atoms with Crippen LogP contribution in [0.5, 0.6) is 0 Å². The summed E-state index contributed by atoms with van der Waals surface area (Å²) in [5, 5.41) is 12.3. The molecule has 0 saturated heterocycles. The smallest absolute Gasteiger partial charge is 0.306 e. The van der Waals surface area contributed by atoms with Gasteiger partial charge in [0.15, 0.2) is 0 Å². The van der Waals surface area contributed by atoms with Crippen molar-refractivity contribution in [1.82, 2.24) is 0 Å². The fourth-order valence-electron chi connectivity index (χ4n) is 2.29. The zero-order chi connectivity index (χ0) is 14.0. The molecule has 2 N–H and O–H groups in total. The first kappa shape index (κ1) is 14.2. The summed E-state index contributed by atoms with van der Waals surface area (Å²) in [6.07, 6.45) is 1.47. The van der Waals surface area contributed by atoms with Gasteiger partial charge in [-0.15, -0.1) is 0 Å². The first-order chi connectivity index (χ1) is 8.99. The summed E-state index contributed by atoms with van der Waals surface area (Å²) < 4.78 is 0. The van der Waals surface area contributed by atoms with Crippen LogP contribution < -0.4 is 5.32 Å². The molecule has 1 saturated carbocycles. The normalized spacial score (nSPS) is 22.2. The maximum absolute atomic E-state index is 12.1. The van der Waals surface area contributed by atoms with Crippen molar-refractivity contribution in [3.63, 3.8) is 0 Å². The molecule has 0 aromatic heterocycles. The fourth-order valence-corrected chi connectivity index (χ4v) is 2.78. The van der Waals surface area contributed by atoms with Crippen LogP contribution in [0, 0.1) is 11.8 Å². The summed E-state index contributed by atoms with van der Waals surface area (Å²) in [4.78, 5) is 22.9. The summed E-state index contributed by atoms with van der Waals surface area (Å²) in [5.41, 5.74) is 0.384. The lowest BCUT2D eigenvalue weighted by atomic mass is 10.0. The maximum atomic E-state index is 12.1. The molecular formula is C13H13Cl2NO3. The number of rotatable bonds is 3. The number of hydrogen-bond acceptors (Lipinski definition) is 2. The van der Waals surface area contributed by atoms with Crippen LogP contribution in [-0.2, 0) is 9.59 Å². The van der Waals surface area contributed by atoms with Crippen molar-refractivity contribution >= 4 is 40.8 Å². The third-order valence-electron chi connectivity index (χ3n) is 3.36. The molecule has 0 bridgehead atoms. The van der Waals surface area contributed by atoms with Crippen molar-refractivity contribution in [3.05, 3.63) is 28.2 Å². The van der Waals surface area contributed by atoms with Crippen molar-refractivity contribution in [2.24, 2.45) is 11.8 Å².